The third-order valence-corrected chi connectivity index (χ3v) is 2.49. The van der Waals surface area contributed by atoms with Gasteiger partial charge in [0, 0.05) is 12.2 Å². The molecule has 104 valence electrons. The fraction of sp³-hybridized carbons (Fsp3) is 0. The first-order chi connectivity index (χ1) is 9.27. The van der Waals surface area contributed by atoms with Crippen LogP contribution in [0.4, 0.5) is 23.2 Å². The van der Waals surface area contributed by atoms with Crippen molar-refractivity contribution in [3.05, 3.63) is 41.0 Å². The fourth-order valence-corrected chi connectivity index (χ4v) is 1.62. The Kier molecular flexibility index (Phi) is 3.04. The molecule has 1 aromatic rings. The van der Waals surface area contributed by atoms with Crippen LogP contribution in [0.5, 0.6) is 0 Å². The molecule has 0 aliphatic carbocycles. The normalized spacial score (nSPS) is 14.3. The highest BCUT2D eigenvalue weighted by Gasteiger charge is 2.37. The number of aromatic carboxylic acids is 1. The summed E-state index contributed by atoms with van der Waals surface area (Å²) in [4.78, 5) is 32.9. The number of hydrogen-bond donors (Lipinski definition) is 1. The lowest BCUT2D eigenvalue weighted by Gasteiger charge is -2.17. The number of anilines is 1. The van der Waals surface area contributed by atoms with E-state index >= 15 is 0 Å². The Morgan fingerprint density at radius 1 is 0.900 bits per heavy atom. The molecule has 5 nitrogen and oxygen atoms in total. The highest BCUT2D eigenvalue weighted by Crippen LogP contribution is 2.32. The Morgan fingerprint density at radius 3 is 1.65 bits per heavy atom. The van der Waals surface area contributed by atoms with Gasteiger partial charge in [-0.3, -0.25) is 9.59 Å². The van der Waals surface area contributed by atoms with E-state index < -0.39 is 52.3 Å². The predicted octanol–water partition coefficient (Wildman–Crippen LogP) is 1.37. The van der Waals surface area contributed by atoms with Crippen molar-refractivity contribution in [3.8, 4) is 0 Å². The smallest absolute Gasteiger partial charge is 0.341 e. The second kappa shape index (κ2) is 4.44. The molecule has 9 heteroatoms. The standard InChI is InChI=1S/C11H3F4NO4/c12-6-5(11(19)20)7(13)9(15)10(8(6)14)16-3(17)1-2-4(16)18/h1-2H,(H,19,20). The summed E-state index contributed by atoms with van der Waals surface area (Å²) in [7, 11) is 0. The summed E-state index contributed by atoms with van der Waals surface area (Å²) in [6.45, 7) is 0. The average molecular weight is 289 g/mol. The number of amides is 2. The minimum Gasteiger partial charge on any atom is -0.477 e. The molecule has 1 aliphatic rings. The second-order valence-electron chi connectivity index (χ2n) is 3.63. The van der Waals surface area contributed by atoms with Gasteiger partial charge >= 0.3 is 5.97 Å². The molecule has 1 aromatic carbocycles. The molecular formula is C11H3F4NO4. The van der Waals surface area contributed by atoms with Crippen LogP contribution in [0.25, 0.3) is 0 Å². The number of nitrogens with zero attached hydrogens (tertiary/aromatic N) is 1. The number of carboxylic acids is 1. The minimum absolute atomic E-state index is 0.136. The van der Waals surface area contributed by atoms with E-state index in [-0.39, 0.29) is 4.90 Å². The molecule has 1 heterocycles. The van der Waals surface area contributed by atoms with E-state index in [9.17, 15) is 31.9 Å². The van der Waals surface area contributed by atoms with Gasteiger partial charge in [0.15, 0.2) is 23.3 Å². The number of benzene rings is 1. The van der Waals surface area contributed by atoms with Crippen LogP contribution in [0, 0.1) is 23.3 Å². The van der Waals surface area contributed by atoms with Gasteiger partial charge in [-0.05, 0) is 0 Å². The van der Waals surface area contributed by atoms with Crippen molar-refractivity contribution >= 4 is 23.5 Å². The third-order valence-electron chi connectivity index (χ3n) is 2.49. The maximum Gasteiger partial charge on any atom is 0.341 e. The van der Waals surface area contributed by atoms with Gasteiger partial charge in [0.25, 0.3) is 11.8 Å². The van der Waals surface area contributed by atoms with Crippen molar-refractivity contribution in [2.45, 2.75) is 0 Å². The van der Waals surface area contributed by atoms with Crippen molar-refractivity contribution < 1.29 is 37.1 Å². The molecule has 2 amide bonds. The van der Waals surface area contributed by atoms with Gasteiger partial charge in [0.1, 0.15) is 11.3 Å². The van der Waals surface area contributed by atoms with Crippen LogP contribution in [-0.2, 0) is 9.59 Å². The molecule has 0 unspecified atom stereocenters. The van der Waals surface area contributed by atoms with E-state index in [0.29, 0.717) is 12.2 Å². The second-order valence-corrected chi connectivity index (χ2v) is 3.63. The Balaban J connectivity index is 2.77. The quantitative estimate of drug-likeness (QED) is 0.507. The first-order valence-electron chi connectivity index (χ1n) is 4.92. The number of halogens is 4. The van der Waals surface area contributed by atoms with Crippen molar-refractivity contribution in [1.82, 2.24) is 0 Å². The van der Waals surface area contributed by atoms with Crippen LogP contribution in [0.2, 0.25) is 0 Å². The van der Waals surface area contributed by atoms with Crippen LogP contribution in [0.15, 0.2) is 12.2 Å². The fourth-order valence-electron chi connectivity index (χ4n) is 1.62. The molecule has 0 saturated carbocycles. The van der Waals surface area contributed by atoms with E-state index in [2.05, 4.69) is 0 Å². The molecule has 0 fully saturated rings. The summed E-state index contributed by atoms with van der Waals surface area (Å²) in [6.07, 6.45) is 1.28. The molecule has 1 aliphatic heterocycles. The number of carbonyl (C=O) groups is 3. The van der Waals surface area contributed by atoms with Crippen LogP contribution in [0.1, 0.15) is 10.4 Å². The highest BCUT2D eigenvalue weighted by atomic mass is 19.2. The number of carbonyl (C=O) groups excluding carboxylic acids is 2. The highest BCUT2D eigenvalue weighted by molar-refractivity contribution is 6.28. The van der Waals surface area contributed by atoms with Crippen molar-refractivity contribution in [1.29, 1.82) is 0 Å². The zero-order valence-corrected chi connectivity index (χ0v) is 9.29. The summed E-state index contributed by atoms with van der Waals surface area (Å²) < 4.78 is 54.1. The lowest BCUT2D eigenvalue weighted by atomic mass is 10.1. The summed E-state index contributed by atoms with van der Waals surface area (Å²) in [5, 5.41) is 8.48. The first kappa shape index (κ1) is 13.7. The van der Waals surface area contributed by atoms with E-state index in [1.54, 1.807) is 0 Å². The summed E-state index contributed by atoms with van der Waals surface area (Å²) in [5.74, 6) is -13.4. The van der Waals surface area contributed by atoms with E-state index in [0.717, 1.165) is 0 Å². The van der Waals surface area contributed by atoms with Crippen LogP contribution in [0.3, 0.4) is 0 Å². The molecule has 2 rings (SSSR count). The zero-order valence-electron chi connectivity index (χ0n) is 9.29. The minimum atomic E-state index is -2.23. The summed E-state index contributed by atoms with van der Waals surface area (Å²) in [6, 6.07) is 0. The summed E-state index contributed by atoms with van der Waals surface area (Å²) >= 11 is 0. The predicted molar refractivity (Wildman–Crippen MR) is 54.9 cm³/mol. The number of rotatable bonds is 2. The van der Waals surface area contributed by atoms with E-state index in [1.165, 1.54) is 0 Å². The Morgan fingerprint density at radius 2 is 1.30 bits per heavy atom. The molecule has 0 bridgehead atoms. The first-order valence-corrected chi connectivity index (χ1v) is 4.92. The molecule has 0 saturated heterocycles. The van der Waals surface area contributed by atoms with Crippen LogP contribution >= 0.6 is 0 Å². The van der Waals surface area contributed by atoms with Crippen LogP contribution < -0.4 is 4.90 Å². The topological polar surface area (TPSA) is 74.7 Å². The zero-order chi connectivity index (χ0) is 15.2. The van der Waals surface area contributed by atoms with Crippen molar-refractivity contribution in [3.63, 3.8) is 0 Å². The Labute approximate surface area is 107 Å². The monoisotopic (exact) mass is 289 g/mol. The summed E-state index contributed by atoms with van der Waals surface area (Å²) in [5.41, 5.74) is -3.44. The molecule has 0 radical (unpaired) electrons. The molecule has 0 spiro atoms. The lowest BCUT2D eigenvalue weighted by molar-refractivity contribution is -0.120. The molecule has 0 aromatic heterocycles. The number of hydrogen-bond acceptors (Lipinski definition) is 3. The maximum atomic E-state index is 13.6. The van der Waals surface area contributed by atoms with Gasteiger partial charge in [-0.15, -0.1) is 0 Å². The van der Waals surface area contributed by atoms with Gasteiger partial charge in [0.2, 0.25) is 0 Å². The molecule has 0 atom stereocenters. The maximum absolute atomic E-state index is 13.6. The lowest BCUT2D eigenvalue weighted by Crippen LogP contribution is -2.32. The average Bonchev–Trinajstić information content (AvgIpc) is 2.68. The molecule has 1 N–H and O–H groups in total. The van der Waals surface area contributed by atoms with Crippen molar-refractivity contribution in [2.75, 3.05) is 4.90 Å². The van der Waals surface area contributed by atoms with Gasteiger partial charge < -0.3 is 5.11 Å². The number of carboxylic acid groups (broad SMARTS) is 1. The van der Waals surface area contributed by atoms with E-state index in [4.69, 9.17) is 5.11 Å². The third kappa shape index (κ3) is 1.75. The Hall–Kier alpha value is -2.71. The SMILES string of the molecule is O=C(O)c1c(F)c(F)c(N2C(=O)C=CC2=O)c(F)c1F. The molecule has 20 heavy (non-hydrogen) atoms. The van der Waals surface area contributed by atoms with Gasteiger partial charge in [-0.1, -0.05) is 0 Å². The molecular weight excluding hydrogens is 286 g/mol. The number of imide groups is 1. The van der Waals surface area contributed by atoms with Gasteiger partial charge in [-0.25, -0.2) is 27.3 Å². The van der Waals surface area contributed by atoms with Gasteiger partial charge in [0.05, 0.1) is 0 Å². The Bertz CT molecular complexity index is 651. The van der Waals surface area contributed by atoms with E-state index in [1.807, 2.05) is 0 Å². The van der Waals surface area contributed by atoms with Crippen molar-refractivity contribution in [2.24, 2.45) is 0 Å². The van der Waals surface area contributed by atoms with Crippen LogP contribution in [-0.4, -0.2) is 22.9 Å². The largest absolute Gasteiger partial charge is 0.477 e. The van der Waals surface area contributed by atoms with Gasteiger partial charge in [-0.2, -0.15) is 0 Å².